The molecule has 1 aliphatic carbocycles. The number of hydrogen-bond donors (Lipinski definition) is 1. The van der Waals surface area contributed by atoms with Crippen molar-refractivity contribution in [2.45, 2.75) is 58.5 Å². The maximum Gasteiger partial charge on any atom is 0.222 e. The van der Waals surface area contributed by atoms with Crippen LogP contribution in [0.4, 0.5) is 0 Å². The van der Waals surface area contributed by atoms with Gasteiger partial charge in [0, 0.05) is 43.3 Å². The lowest BCUT2D eigenvalue weighted by Crippen LogP contribution is -2.34. The molecule has 0 bridgehead atoms. The molecule has 0 radical (unpaired) electrons. The summed E-state index contributed by atoms with van der Waals surface area (Å²) in [4.78, 5) is 16.0. The van der Waals surface area contributed by atoms with Crippen LogP contribution in [0.2, 0.25) is 0 Å². The minimum Gasteiger partial charge on any atom is -0.490 e. The second kappa shape index (κ2) is 12.2. The van der Waals surface area contributed by atoms with E-state index in [2.05, 4.69) is 61.7 Å². The van der Waals surface area contributed by atoms with Gasteiger partial charge in [-0.05, 0) is 60.7 Å². The van der Waals surface area contributed by atoms with E-state index in [-0.39, 0.29) is 17.9 Å². The average Bonchev–Trinajstić information content (AvgIpc) is 3.29. The third kappa shape index (κ3) is 7.21. The number of rotatable bonds is 12. The molecule has 0 aliphatic heterocycles. The average molecular weight is 455 g/mol. The largest absolute Gasteiger partial charge is 0.490 e. The highest BCUT2D eigenvalue weighted by molar-refractivity contribution is 7.09. The van der Waals surface area contributed by atoms with Crippen molar-refractivity contribution in [3.05, 3.63) is 63.9 Å². The van der Waals surface area contributed by atoms with Crippen molar-refractivity contribution in [1.29, 1.82) is 0 Å². The van der Waals surface area contributed by atoms with E-state index >= 15 is 0 Å². The van der Waals surface area contributed by atoms with Crippen LogP contribution in [0.25, 0.3) is 0 Å². The molecule has 0 spiro atoms. The highest BCUT2D eigenvalue weighted by atomic mass is 32.1. The Morgan fingerprint density at radius 1 is 1.19 bits per heavy atom. The van der Waals surface area contributed by atoms with E-state index in [0.29, 0.717) is 25.4 Å². The predicted molar refractivity (Wildman–Crippen MR) is 134 cm³/mol. The molecule has 4 nitrogen and oxygen atoms in total. The predicted octanol–water partition coefficient (Wildman–Crippen LogP) is 5.25. The molecule has 5 heteroatoms. The smallest absolute Gasteiger partial charge is 0.222 e. The molecule has 0 saturated heterocycles. The van der Waals surface area contributed by atoms with Crippen LogP contribution in [0.15, 0.2) is 47.9 Å². The lowest BCUT2D eigenvalue weighted by Gasteiger charge is -2.26. The first-order valence-corrected chi connectivity index (χ1v) is 12.7. The van der Waals surface area contributed by atoms with Gasteiger partial charge in [0.2, 0.25) is 5.91 Å². The molecule has 2 N–H and O–H groups in total. The Balaban J connectivity index is 1.63. The number of nitrogens with two attached hydrogens (primary N) is 1. The summed E-state index contributed by atoms with van der Waals surface area (Å²) >= 11 is 1.76. The molecule has 1 aromatic heterocycles. The summed E-state index contributed by atoms with van der Waals surface area (Å²) in [5.41, 5.74) is 8.57. The van der Waals surface area contributed by atoms with Crippen LogP contribution in [0.3, 0.4) is 0 Å². The first-order valence-electron chi connectivity index (χ1n) is 11.8. The zero-order chi connectivity index (χ0) is 22.9. The van der Waals surface area contributed by atoms with Crippen LogP contribution in [0.1, 0.15) is 49.1 Å². The number of carbonyl (C=O) groups is 1. The van der Waals surface area contributed by atoms with Crippen molar-refractivity contribution in [2.75, 3.05) is 20.1 Å². The third-order valence-corrected chi connectivity index (χ3v) is 7.07. The van der Waals surface area contributed by atoms with Gasteiger partial charge in [-0.1, -0.05) is 44.2 Å². The molecular formula is C27H38N2O2S. The Hall–Kier alpha value is -2.11. The standard InChI is InChI=1S/C27H38N2O2S/c1-20(2)16-21(19-28)17-27(30)29(3)14-13-23(18-24-10-7-15-32-24)31-26-12-6-9-22-8-4-5-11-25(22)26/h4-7,9-10,12,15,20-21,23H,8,11,13-14,16-19,28H2,1-3H3. The van der Waals surface area contributed by atoms with E-state index in [1.807, 2.05) is 11.9 Å². The molecule has 1 heterocycles. The van der Waals surface area contributed by atoms with Crippen molar-refractivity contribution in [2.24, 2.45) is 17.6 Å². The van der Waals surface area contributed by atoms with Crippen LogP contribution >= 0.6 is 11.3 Å². The molecule has 3 rings (SSSR count). The Morgan fingerprint density at radius 3 is 2.72 bits per heavy atom. The Labute approximate surface area is 197 Å². The first-order chi connectivity index (χ1) is 15.5. The number of thiophene rings is 1. The van der Waals surface area contributed by atoms with E-state index in [9.17, 15) is 4.79 Å². The Morgan fingerprint density at radius 2 is 2.00 bits per heavy atom. The van der Waals surface area contributed by atoms with Gasteiger partial charge in [-0.2, -0.15) is 0 Å². The van der Waals surface area contributed by atoms with Crippen LogP contribution in [-0.4, -0.2) is 37.0 Å². The van der Waals surface area contributed by atoms with E-state index < -0.39 is 0 Å². The Bertz CT molecular complexity index is 876. The summed E-state index contributed by atoms with van der Waals surface area (Å²) in [6, 6.07) is 10.6. The molecular weight excluding hydrogens is 416 g/mol. The fraction of sp³-hybridized carbons (Fsp3) is 0.519. The van der Waals surface area contributed by atoms with E-state index in [4.69, 9.17) is 10.5 Å². The lowest BCUT2D eigenvalue weighted by atomic mass is 9.94. The van der Waals surface area contributed by atoms with E-state index in [0.717, 1.165) is 37.9 Å². The number of ether oxygens (including phenoxy) is 1. The van der Waals surface area contributed by atoms with Gasteiger partial charge in [-0.15, -0.1) is 11.3 Å². The van der Waals surface area contributed by atoms with Crippen LogP contribution < -0.4 is 10.5 Å². The summed E-state index contributed by atoms with van der Waals surface area (Å²) in [6.45, 7) is 5.61. The maximum atomic E-state index is 12.8. The van der Waals surface area contributed by atoms with Crippen LogP contribution in [0, 0.1) is 11.8 Å². The van der Waals surface area contributed by atoms with Gasteiger partial charge in [-0.25, -0.2) is 0 Å². The van der Waals surface area contributed by atoms with E-state index in [1.54, 1.807) is 11.3 Å². The lowest BCUT2D eigenvalue weighted by molar-refractivity contribution is -0.131. The van der Waals surface area contributed by atoms with Gasteiger partial charge < -0.3 is 15.4 Å². The van der Waals surface area contributed by atoms with Crippen molar-refractivity contribution in [3.63, 3.8) is 0 Å². The molecule has 1 aliphatic rings. The zero-order valence-electron chi connectivity index (χ0n) is 19.8. The van der Waals surface area contributed by atoms with Crippen molar-refractivity contribution in [1.82, 2.24) is 4.90 Å². The fourth-order valence-electron chi connectivity index (χ4n) is 4.39. The number of nitrogens with zero attached hydrogens (tertiary/aromatic N) is 1. The highest BCUT2D eigenvalue weighted by Gasteiger charge is 2.21. The number of allylic oxidation sites excluding steroid dienone is 2. The number of hydrogen-bond acceptors (Lipinski definition) is 4. The minimum absolute atomic E-state index is 0.0299. The van der Waals surface area contributed by atoms with Crippen molar-refractivity contribution in [3.8, 4) is 5.75 Å². The molecule has 2 atom stereocenters. The zero-order valence-corrected chi connectivity index (χ0v) is 20.6. The molecule has 2 aromatic rings. The normalized spacial score (nSPS) is 14.8. The molecule has 1 aromatic carbocycles. The minimum atomic E-state index is 0.0299. The highest BCUT2D eigenvalue weighted by Crippen LogP contribution is 2.29. The second-order valence-electron chi connectivity index (χ2n) is 9.34. The van der Waals surface area contributed by atoms with Gasteiger partial charge in [0.1, 0.15) is 11.9 Å². The number of carbonyl (C=O) groups excluding carboxylic acids is 1. The maximum absolute atomic E-state index is 12.8. The summed E-state index contributed by atoms with van der Waals surface area (Å²) in [7, 11) is 1.91. The van der Waals surface area contributed by atoms with Gasteiger partial charge in [0.25, 0.3) is 0 Å². The van der Waals surface area contributed by atoms with Crippen molar-refractivity contribution >= 4 is 17.2 Å². The first kappa shape index (κ1) is 24.5. The van der Waals surface area contributed by atoms with Crippen LogP contribution in [-0.2, 0) is 24.1 Å². The molecule has 0 saturated carbocycles. The van der Waals surface area contributed by atoms with Gasteiger partial charge in [0.05, 0.1) is 0 Å². The quantitative estimate of drug-likeness (QED) is 0.446. The topological polar surface area (TPSA) is 55.6 Å². The summed E-state index contributed by atoms with van der Waals surface area (Å²) in [6.07, 6.45) is 9.56. The molecule has 174 valence electrons. The van der Waals surface area contributed by atoms with Crippen molar-refractivity contribution < 1.29 is 9.53 Å². The fourth-order valence-corrected chi connectivity index (χ4v) is 5.16. The number of amides is 1. The number of fused-ring (bicyclic) bond motifs is 1. The summed E-state index contributed by atoms with van der Waals surface area (Å²) in [5, 5.41) is 2.11. The molecule has 0 fully saturated rings. The molecule has 1 amide bonds. The van der Waals surface area contributed by atoms with E-state index in [1.165, 1.54) is 16.0 Å². The van der Waals surface area contributed by atoms with Gasteiger partial charge in [0.15, 0.2) is 0 Å². The summed E-state index contributed by atoms with van der Waals surface area (Å²) < 4.78 is 6.59. The Kier molecular flexibility index (Phi) is 9.36. The second-order valence-corrected chi connectivity index (χ2v) is 10.4. The molecule has 32 heavy (non-hydrogen) atoms. The monoisotopic (exact) mass is 454 g/mol. The van der Waals surface area contributed by atoms with Gasteiger partial charge >= 0.3 is 0 Å². The van der Waals surface area contributed by atoms with Crippen LogP contribution in [0.5, 0.6) is 5.75 Å². The number of benzene rings is 1. The third-order valence-electron chi connectivity index (χ3n) is 6.17. The van der Waals surface area contributed by atoms with Gasteiger partial charge in [-0.3, -0.25) is 4.79 Å². The SMILES string of the molecule is CC(C)CC(CN)CC(=O)N(C)CCC(Cc1cccs1)Oc1cccc2c1CC=CC2. The molecule has 2 unspecified atom stereocenters. The summed E-state index contributed by atoms with van der Waals surface area (Å²) in [5.74, 6) is 1.98.